The minimum Gasteiger partial charge on any atom is -0.481 e. The summed E-state index contributed by atoms with van der Waals surface area (Å²) in [6.07, 6.45) is 0.00197. The first kappa shape index (κ1) is 17.0. The number of nitrogens with zero attached hydrogens (tertiary/aromatic N) is 1. The summed E-state index contributed by atoms with van der Waals surface area (Å²) in [4.78, 5) is 37.0. The zero-order valence-electron chi connectivity index (χ0n) is 13.4. The van der Waals surface area contributed by atoms with E-state index in [0.717, 1.165) is 11.1 Å². The van der Waals surface area contributed by atoms with Crippen LogP contribution in [0.4, 0.5) is 0 Å². The number of aliphatic carboxylic acids is 1. The van der Waals surface area contributed by atoms with Crippen LogP contribution in [0.15, 0.2) is 24.3 Å². The molecule has 1 aliphatic heterocycles. The Bertz CT molecular complexity index is 614. The lowest BCUT2D eigenvalue weighted by molar-refractivity contribution is -0.138. The number of carboxylic acids is 1. The van der Waals surface area contributed by atoms with Gasteiger partial charge in [0.05, 0.1) is 18.4 Å². The Labute approximate surface area is 135 Å². The molecule has 0 spiro atoms. The van der Waals surface area contributed by atoms with Crippen molar-refractivity contribution in [3.63, 3.8) is 0 Å². The summed E-state index contributed by atoms with van der Waals surface area (Å²) in [5, 5.41) is 11.9. The molecule has 124 valence electrons. The second kappa shape index (κ2) is 7.26. The van der Waals surface area contributed by atoms with E-state index in [1.807, 2.05) is 38.1 Å². The fourth-order valence-corrected chi connectivity index (χ4v) is 2.93. The van der Waals surface area contributed by atoms with Crippen LogP contribution in [0, 0.1) is 12.8 Å². The Morgan fingerprint density at radius 2 is 2.09 bits per heavy atom. The number of aryl methyl sites for hydroxylation is 1. The normalized spacial score (nSPS) is 18.8. The average Bonchev–Trinajstić information content (AvgIpc) is 2.88. The summed E-state index contributed by atoms with van der Waals surface area (Å²) < 4.78 is 0. The molecule has 1 aliphatic rings. The molecule has 0 aromatic heterocycles. The third kappa shape index (κ3) is 4.09. The second-order valence-electron chi connectivity index (χ2n) is 5.85. The summed E-state index contributed by atoms with van der Waals surface area (Å²) in [7, 11) is 0. The van der Waals surface area contributed by atoms with Crippen LogP contribution in [-0.2, 0) is 14.4 Å². The van der Waals surface area contributed by atoms with E-state index < -0.39 is 17.9 Å². The number of nitrogens with one attached hydrogen (secondary N) is 1. The Balaban J connectivity index is 2.12. The Hall–Kier alpha value is -2.37. The van der Waals surface area contributed by atoms with Gasteiger partial charge in [-0.2, -0.15) is 0 Å². The van der Waals surface area contributed by atoms with Gasteiger partial charge in [-0.05, 0) is 25.0 Å². The van der Waals surface area contributed by atoms with E-state index in [4.69, 9.17) is 5.11 Å². The zero-order valence-corrected chi connectivity index (χ0v) is 13.4. The van der Waals surface area contributed by atoms with Crippen molar-refractivity contribution in [2.24, 2.45) is 5.92 Å². The van der Waals surface area contributed by atoms with E-state index in [9.17, 15) is 14.4 Å². The molecule has 1 saturated heterocycles. The van der Waals surface area contributed by atoms with Crippen LogP contribution in [0.2, 0.25) is 0 Å². The molecule has 6 heteroatoms. The maximum absolute atomic E-state index is 12.4. The third-order valence-corrected chi connectivity index (χ3v) is 4.23. The van der Waals surface area contributed by atoms with Crippen LogP contribution >= 0.6 is 0 Å². The number of carbonyl (C=O) groups is 3. The molecule has 6 nitrogen and oxygen atoms in total. The molecule has 1 aromatic carbocycles. The third-order valence-electron chi connectivity index (χ3n) is 4.23. The summed E-state index contributed by atoms with van der Waals surface area (Å²) >= 11 is 0. The van der Waals surface area contributed by atoms with E-state index in [-0.39, 0.29) is 24.7 Å². The van der Waals surface area contributed by atoms with Crippen LogP contribution in [0.25, 0.3) is 0 Å². The fraction of sp³-hybridized carbons (Fsp3) is 0.471. The van der Waals surface area contributed by atoms with Crippen molar-refractivity contribution < 1.29 is 19.5 Å². The molecule has 2 amide bonds. The molecule has 0 radical (unpaired) electrons. The van der Waals surface area contributed by atoms with Crippen molar-refractivity contribution >= 4 is 17.8 Å². The maximum Gasteiger partial charge on any atom is 0.305 e. The van der Waals surface area contributed by atoms with Crippen LogP contribution in [0.1, 0.15) is 36.9 Å². The summed E-state index contributed by atoms with van der Waals surface area (Å²) in [5.41, 5.74) is 1.72. The Morgan fingerprint density at radius 3 is 2.65 bits per heavy atom. The van der Waals surface area contributed by atoms with Crippen LogP contribution in [0.3, 0.4) is 0 Å². The first-order valence-electron chi connectivity index (χ1n) is 7.77. The first-order chi connectivity index (χ1) is 10.9. The van der Waals surface area contributed by atoms with E-state index in [2.05, 4.69) is 5.32 Å². The molecule has 1 fully saturated rings. The van der Waals surface area contributed by atoms with E-state index in [1.54, 1.807) is 4.90 Å². The van der Waals surface area contributed by atoms with Gasteiger partial charge in [-0.15, -0.1) is 0 Å². The van der Waals surface area contributed by atoms with E-state index >= 15 is 0 Å². The predicted molar refractivity (Wildman–Crippen MR) is 84.7 cm³/mol. The standard InChI is InChI=1S/C17H22N2O4/c1-3-19-10-12(8-15(19)20)17(23)18-14(9-16(21)22)13-7-5-4-6-11(13)2/h4-7,12,14H,3,8-10H2,1-2H3,(H,18,23)(H,21,22)/t12-,14-/m1/s1. The van der Waals surface area contributed by atoms with Crippen LogP contribution in [-0.4, -0.2) is 40.9 Å². The van der Waals surface area contributed by atoms with Crippen LogP contribution < -0.4 is 5.32 Å². The SMILES string of the molecule is CCN1C[C@H](C(=O)N[C@H](CC(=O)O)c2ccccc2C)CC1=O. The largest absolute Gasteiger partial charge is 0.481 e. The number of amides is 2. The fourth-order valence-electron chi connectivity index (χ4n) is 2.93. The molecule has 0 unspecified atom stereocenters. The predicted octanol–water partition coefficient (Wildman–Crippen LogP) is 1.50. The number of likely N-dealkylation sites (tertiary alicyclic amines) is 1. The quantitative estimate of drug-likeness (QED) is 0.832. The monoisotopic (exact) mass is 318 g/mol. The minimum atomic E-state index is -0.976. The first-order valence-corrected chi connectivity index (χ1v) is 7.77. The van der Waals surface area contributed by atoms with Gasteiger partial charge in [-0.3, -0.25) is 14.4 Å². The van der Waals surface area contributed by atoms with E-state index in [1.165, 1.54) is 0 Å². The molecule has 1 heterocycles. The highest BCUT2D eigenvalue weighted by Gasteiger charge is 2.34. The van der Waals surface area contributed by atoms with Gasteiger partial charge in [-0.25, -0.2) is 0 Å². The Kier molecular flexibility index (Phi) is 5.36. The Morgan fingerprint density at radius 1 is 1.39 bits per heavy atom. The average molecular weight is 318 g/mol. The molecule has 2 rings (SSSR count). The minimum absolute atomic E-state index is 0.0293. The maximum atomic E-state index is 12.4. The van der Waals surface area contributed by atoms with Crippen molar-refractivity contribution in [3.8, 4) is 0 Å². The molecular formula is C17H22N2O4. The van der Waals surface area contributed by atoms with Crippen molar-refractivity contribution in [2.75, 3.05) is 13.1 Å². The van der Waals surface area contributed by atoms with Crippen molar-refractivity contribution in [2.45, 2.75) is 32.7 Å². The summed E-state index contributed by atoms with van der Waals surface area (Å²) in [6, 6.07) is 6.80. The topological polar surface area (TPSA) is 86.7 Å². The highest BCUT2D eigenvalue weighted by molar-refractivity contribution is 5.89. The summed E-state index contributed by atoms with van der Waals surface area (Å²) in [5.74, 6) is -1.68. The second-order valence-corrected chi connectivity index (χ2v) is 5.85. The van der Waals surface area contributed by atoms with Gasteiger partial charge < -0.3 is 15.3 Å². The number of benzene rings is 1. The number of hydrogen-bond donors (Lipinski definition) is 2. The highest BCUT2D eigenvalue weighted by Crippen LogP contribution is 2.23. The number of rotatable bonds is 6. The zero-order chi connectivity index (χ0) is 17.0. The van der Waals surface area contributed by atoms with E-state index in [0.29, 0.717) is 13.1 Å². The van der Waals surface area contributed by atoms with Gasteiger partial charge in [0.15, 0.2) is 0 Å². The van der Waals surface area contributed by atoms with Gasteiger partial charge in [0, 0.05) is 19.5 Å². The van der Waals surface area contributed by atoms with Gasteiger partial charge in [-0.1, -0.05) is 24.3 Å². The number of hydrogen-bond acceptors (Lipinski definition) is 3. The molecule has 2 N–H and O–H groups in total. The molecule has 1 aromatic rings. The summed E-state index contributed by atoms with van der Waals surface area (Å²) in [6.45, 7) is 4.74. The number of carbonyl (C=O) groups excluding carboxylic acids is 2. The molecule has 23 heavy (non-hydrogen) atoms. The molecule has 0 bridgehead atoms. The van der Waals surface area contributed by atoms with Gasteiger partial charge in [0.1, 0.15) is 0 Å². The van der Waals surface area contributed by atoms with Gasteiger partial charge >= 0.3 is 5.97 Å². The molecular weight excluding hydrogens is 296 g/mol. The van der Waals surface area contributed by atoms with Crippen molar-refractivity contribution in [1.82, 2.24) is 10.2 Å². The van der Waals surface area contributed by atoms with Crippen molar-refractivity contribution in [3.05, 3.63) is 35.4 Å². The number of carboxylic acid groups (broad SMARTS) is 1. The van der Waals surface area contributed by atoms with Crippen LogP contribution in [0.5, 0.6) is 0 Å². The molecule has 0 saturated carbocycles. The van der Waals surface area contributed by atoms with Crippen molar-refractivity contribution in [1.29, 1.82) is 0 Å². The lowest BCUT2D eigenvalue weighted by Gasteiger charge is -2.21. The van der Waals surface area contributed by atoms with Gasteiger partial charge in [0.25, 0.3) is 0 Å². The lowest BCUT2D eigenvalue weighted by Crippen LogP contribution is -2.36. The molecule has 2 atom stereocenters. The lowest BCUT2D eigenvalue weighted by atomic mass is 9.97. The van der Waals surface area contributed by atoms with Gasteiger partial charge in [0.2, 0.25) is 11.8 Å². The highest BCUT2D eigenvalue weighted by atomic mass is 16.4. The smallest absolute Gasteiger partial charge is 0.305 e. The molecule has 0 aliphatic carbocycles.